The molecule has 1 nitrogen and oxygen atoms in total. The highest BCUT2D eigenvalue weighted by atomic mass is 16.3. The van der Waals surface area contributed by atoms with Gasteiger partial charge < -0.3 is 4.42 Å². The Labute approximate surface area is 271 Å². The summed E-state index contributed by atoms with van der Waals surface area (Å²) in [5.74, 6) is 0. The lowest BCUT2D eigenvalue weighted by molar-refractivity contribution is 0.670. The molecule has 0 spiro atoms. The number of fused-ring (bicyclic) bond motifs is 6. The van der Waals surface area contributed by atoms with Gasteiger partial charge in [0.05, 0.1) is 21.9 Å². The molecule has 0 bridgehead atoms. The van der Waals surface area contributed by atoms with E-state index in [4.69, 9.17) is 26.3 Å². The van der Waals surface area contributed by atoms with Gasteiger partial charge >= 0.3 is 0 Å². The highest BCUT2D eigenvalue weighted by molar-refractivity contribution is 6.21. The Morgan fingerprint density at radius 1 is 0.395 bits per heavy atom. The molecule has 8 aromatic carbocycles. The van der Waals surface area contributed by atoms with Crippen LogP contribution in [0.25, 0.3) is 87.6 Å². The van der Waals surface area contributed by atoms with Crippen LogP contribution in [-0.4, -0.2) is 0 Å². The number of benzene rings is 8. The Hall–Kier alpha value is -5.66. The van der Waals surface area contributed by atoms with Gasteiger partial charge in [-0.3, -0.25) is 0 Å². The van der Waals surface area contributed by atoms with E-state index in [2.05, 4.69) is 0 Å². The molecular formula is C42H26O. The summed E-state index contributed by atoms with van der Waals surface area (Å²) in [6.07, 6.45) is 0. The molecule has 0 fully saturated rings. The number of para-hydroxylation sites is 2. The van der Waals surface area contributed by atoms with Gasteiger partial charge in [-0.25, -0.2) is 0 Å². The van der Waals surface area contributed by atoms with E-state index in [9.17, 15) is 0 Å². The van der Waals surface area contributed by atoms with Crippen LogP contribution in [0.1, 0.15) is 21.9 Å². The third-order valence-electron chi connectivity index (χ3n) is 7.77. The molecule has 0 saturated heterocycles. The van der Waals surface area contributed by atoms with Crippen LogP contribution >= 0.6 is 0 Å². The fourth-order valence-electron chi connectivity index (χ4n) is 5.88. The first kappa shape index (κ1) is 13.1. The lowest BCUT2D eigenvalue weighted by atomic mass is 9.85. The molecular weight excluding hydrogens is 520 g/mol. The normalized spacial score (nSPS) is 16.9. The first-order chi connectivity index (χ1) is 27.9. The average Bonchev–Trinajstić information content (AvgIpc) is 3.61. The molecule has 1 heterocycles. The molecule has 1 heteroatoms. The standard InChI is InChI=1S/C42H26O/c1-2-11-30-26-31(25-20-27(30)10-1)41-36-15-5-3-13-34(36)40(35-14-4-6-16-37(35)41)29-23-21-28(22-24-29)32-17-9-18-38-33-12-7-8-19-39(33)43-42(32)38/h1-26H/i1D,2D,3D,4D,5D,6D,7D,8D,9D,10D,11D,12D,17D,18D,19D,20D. The van der Waals surface area contributed by atoms with Crippen molar-refractivity contribution < 1.29 is 26.3 Å². The molecule has 9 rings (SSSR count). The zero-order valence-corrected chi connectivity index (χ0v) is 22.2. The molecule has 0 aliphatic rings. The molecule has 0 saturated carbocycles. The van der Waals surface area contributed by atoms with Gasteiger partial charge in [-0.05, 0) is 72.2 Å². The van der Waals surface area contributed by atoms with Gasteiger partial charge in [-0.2, -0.15) is 0 Å². The summed E-state index contributed by atoms with van der Waals surface area (Å²) in [5.41, 5.74) is 2.06. The largest absolute Gasteiger partial charge is 0.455 e. The number of hydrogen-bond donors (Lipinski definition) is 0. The highest BCUT2D eigenvalue weighted by Gasteiger charge is 2.17. The molecule has 0 radical (unpaired) electrons. The minimum absolute atomic E-state index is 0.0249. The Kier molecular flexibility index (Phi) is 2.88. The van der Waals surface area contributed by atoms with E-state index in [0.29, 0.717) is 49.4 Å². The van der Waals surface area contributed by atoms with Crippen LogP contribution < -0.4 is 0 Å². The minimum Gasteiger partial charge on any atom is -0.455 e. The van der Waals surface area contributed by atoms with E-state index in [-0.39, 0.29) is 86.6 Å². The predicted molar refractivity (Wildman–Crippen MR) is 183 cm³/mol. The Bertz CT molecular complexity index is 3320. The van der Waals surface area contributed by atoms with Crippen molar-refractivity contribution in [2.75, 3.05) is 0 Å². The SMILES string of the molecule is [2H]c1cc2c(-c3ccc(-c4c([2H])c([2H])c([2H])c5c4oc4c([2H])c([2H])c([2H])c([2H])c45)cc3)c3cc([2H])c([2H])cc3c(-c3cc([2H])c4c([2H])c([2H])c([2H])c([2H])c4c3)c2cc1[2H]. The summed E-state index contributed by atoms with van der Waals surface area (Å²) in [5, 5.41) is 1.86. The molecule has 0 amide bonds. The van der Waals surface area contributed by atoms with Crippen molar-refractivity contribution in [1.29, 1.82) is 0 Å². The van der Waals surface area contributed by atoms with Crippen LogP contribution in [0.5, 0.6) is 0 Å². The Morgan fingerprint density at radius 2 is 0.977 bits per heavy atom. The van der Waals surface area contributed by atoms with Crippen LogP contribution in [0.3, 0.4) is 0 Å². The van der Waals surface area contributed by atoms with E-state index < -0.39 is 48.3 Å². The summed E-state index contributed by atoms with van der Waals surface area (Å²) >= 11 is 0. The van der Waals surface area contributed by atoms with Crippen molar-refractivity contribution in [3.8, 4) is 33.4 Å². The molecule has 200 valence electrons. The first-order valence-corrected chi connectivity index (χ1v) is 13.4. The molecule has 9 aromatic rings. The van der Waals surface area contributed by atoms with Crippen LogP contribution in [0.4, 0.5) is 0 Å². The van der Waals surface area contributed by atoms with Gasteiger partial charge in [-0.1, -0.05) is 145 Å². The van der Waals surface area contributed by atoms with Crippen molar-refractivity contribution in [2.24, 2.45) is 0 Å². The molecule has 0 aliphatic heterocycles. The Balaban J connectivity index is 1.34. The van der Waals surface area contributed by atoms with Crippen molar-refractivity contribution in [2.45, 2.75) is 0 Å². The summed E-state index contributed by atoms with van der Waals surface area (Å²) in [7, 11) is 0. The van der Waals surface area contributed by atoms with Gasteiger partial charge in [0.1, 0.15) is 11.2 Å². The molecule has 0 N–H and O–H groups in total. The smallest absolute Gasteiger partial charge is 0.143 e. The molecule has 1 aromatic heterocycles. The average molecular weight is 563 g/mol. The monoisotopic (exact) mass is 562 g/mol. The third kappa shape index (κ3) is 3.72. The molecule has 0 unspecified atom stereocenters. The van der Waals surface area contributed by atoms with E-state index in [1.54, 1.807) is 30.3 Å². The topological polar surface area (TPSA) is 13.1 Å². The number of rotatable bonds is 3. The van der Waals surface area contributed by atoms with Gasteiger partial charge in [0.2, 0.25) is 0 Å². The summed E-state index contributed by atoms with van der Waals surface area (Å²) < 4.78 is 143. The highest BCUT2D eigenvalue weighted by Crippen LogP contribution is 2.44. The predicted octanol–water partition coefficient (Wildman–Crippen LogP) is 12.0. The van der Waals surface area contributed by atoms with Crippen molar-refractivity contribution in [1.82, 2.24) is 0 Å². The van der Waals surface area contributed by atoms with Crippen LogP contribution in [0, 0.1) is 0 Å². The maximum absolute atomic E-state index is 8.90. The summed E-state index contributed by atoms with van der Waals surface area (Å²) in [6, 6.07) is 10.2. The van der Waals surface area contributed by atoms with E-state index >= 15 is 0 Å². The molecule has 0 atom stereocenters. The maximum Gasteiger partial charge on any atom is 0.143 e. The Morgan fingerprint density at radius 3 is 1.70 bits per heavy atom. The second-order valence-corrected chi connectivity index (χ2v) is 10.1. The third-order valence-corrected chi connectivity index (χ3v) is 7.77. The second kappa shape index (κ2) is 9.44. The van der Waals surface area contributed by atoms with Gasteiger partial charge in [-0.15, -0.1) is 0 Å². The van der Waals surface area contributed by atoms with E-state index in [0.717, 1.165) is 0 Å². The van der Waals surface area contributed by atoms with Crippen LogP contribution in [0.15, 0.2) is 162 Å². The quantitative estimate of drug-likeness (QED) is 0.195. The lowest BCUT2D eigenvalue weighted by Crippen LogP contribution is -1.91. The van der Waals surface area contributed by atoms with Crippen LogP contribution in [-0.2, 0) is 0 Å². The van der Waals surface area contributed by atoms with Gasteiger partial charge in [0.15, 0.2) is 0 Å². The fourth-order valence-corrected chi connectivity index (χ4v) is 5.88. The minimum atomic E-state index is -0.531. The molecule has 0 aliphatic carbocycles. The first-order valence-electron chi connectivity index (χ1n) is 21.4. The molecule has 43 heavy (non-hydrogen) atoms. The second-order valence-electron chi connectivity index (χ2n) is 10.1. The van der Waals surface area contributed by atoms with Gasteiger partial charge in [0, 0.05) is 16.3 Å². The summed E-state index contributed by atoms with van der Waals surface area (Å²) in [6.45, 7) is 0. The van der Waals surface area contributed by atoms with Crippen molar-refractivity contribution >= 4 is 54.3 Å². The van der Waals surface area contributed by atoms with E-state index in [1.165, 1.54) is 30.3 Å². The maximum atomic E-state index is 8.90. The van der Waals surface area contributed by atoms with Crippen molar-refractivity contribution in [3.05, 3.63) is 157 Å². The van der Waals surface area contributed by atoms with Crippen LogP contribution in [0.2, 0.25) is 0 Å². The lowest BCUT2D eigenvalue weighted by Gasteiger charge is -2.18. The zero-order valence-electron chi connectivity index (χ0n) is 38.2. The van der Waals surface area contributed by atoms with Gasteiger partial charge in [0.25, 0.3) is 0 Å². The van der Waals surface area contributed by atoms with E-state index in [1.807, 2.05) is 0 Å². The zero-order chi connectivity index (χ0) is 42.3. The number of hydrogen-bond acceptors (Lipinski definition) is 1. The number of furan rings is 1. The summed E-state index contributed by atoms with van der Waals surface area (Å²) in [4.78, 5) is 0. The fraction of sp³-hybridized carbons (Fsp3) is 0. The van der Waals surface area contributed by atoms with Crippen molar-refractivity contribution in [3.63, 3.8) is 0 Å².